The van der Waals surface area contributed by atoms with E-state index in [1.54, 1.807) is 24.0 Å². The van der Waals surface area contributed by atoms with Gasteiger partial charge in [-0.05, 0) is 31.0 Å². The third-order valence-electron chi connectivity index (χ3n) is 6.24. The number of hydrogen-bond donors (Lipinski definition) is 3. The minimum absolute atomic E-state index is 0.0394. The summed E-state index contributed by atoms with van der Waals surface area (Å²) in [5.41, 5.74) is 1.45. The fourth-order valence-electron chi connectivity index (χ4n) is 4.28. The smallest absolute Gasteiger partial charge is 0.279 e. The van der Waals surface area contributed by atoms with Crippen LogP contribution in [0.3, 0.4) is 0 Å². The molecule has 2 aromatic rings. The summed E-state index contributed by atoms with van der Waals surface area (Å²) in [7, 11) is 0. The van der Waals surface area contributed by atoms with Crippen molar-refractivity contribution in [2.24, 2.45) is 0 Å². The molecule has 2 aromatic carbocycles. The van der Waals surface area contributed by atoms with Gasteiger partial charge in [0.2, 0.25) is 0 Å². The van der Waals surface area contributed by atoms with E-state index in [1.807, 2.05) is 37.3 Å². The van der Waals surface area contributed by atoms with Crippen LogP contribution in [0.1, 0.15) is 42.2 Å². The minimum atomic E-state index is -0.493. The van der Waals surface area contributed by atoms with E-state index in [0.29, 0.717) is 32.7 Å². The molecular weight excluding hydrogens is 448 g/mol. The van der Waals surface area contributed by atoms with Gasteiger partial charge in [0.25, 0.3) is 17.7 Å². The Morgan fingerprint density at radius 2 is 1.69 bits per heavy atom. The molecule has 1 saturated heterocycles. The topological polar surface area (TPSA) is 111 Å². The molecule has 9 heteroatoms. The van der Waals surface area contributed by atoms with Crippen LogP contribution in [0.4, 0.5) is 5.69 Å². The Morgan fingerprint density at radius 1 is 1.00 bits per heavy atom. The number of imide groups is 1. The number of benzene rings is 2. The largest absolute Gasteiger partial charge is 0.505 e. The minimum Gasteiger partial charge on any atom is -0.505 e. The monoisotopic (exact) mass is 478 g/mol. The number of morpholine rings is 1. The molecule has 9 nitrogen and oxygen atoms in total. The third kappa shape index (κ3) is 4.85. The van der Waals surface area contributed by atoms with Crippen LogP contribution in [0.5, 0.6) is 5.75 Å². The molecule has 0 bridgehead atoms. The quantitative estimate of drug-likeness (QED) is 0.395. The van der Waals surface area contributed by atoms with Crippen LogP contribution in [0.25, 0.3) is 0 Å². The van der Waals surface area contributed by atoms with Gasteiger partial charge >= 0.3 is 0 Å². The van der Waals surface area contributed by atoms with E-state index in [2.05, 4.69) is 10.6 Å². The zero-order valence-electron chi connectivity index (χ0n) is 19.9. The van der Waals surface area contributed by atoms with Gasteiger partial charge in [-0.15, -0.1) is 0 Å². The molecule has 0 saturated carbocycles. The summed E-state index contributed by atoms with van der Waals surface area (Å²) in [5, 5.41) is 17.1. The maximum absolute atomic E-state index is 13.1. The lowest BCUT2D eigenvalue weighted by Crippen LogP contribution is -2.40. The number of nitrogens with zero attached hydrogens (tertiary/aromatic N) is 2. The van der Waals surface area contributed by atoms with Gasteiger partial charge in [-0.1, -0.05) is 43.3 Å². The highest BCUT2D eigenvalue weighted by atomic mass is 16.5. The van der Waals surface area contributed by atoms with Crippen molar-refractivity contribution in [1.29, 1.82) is 0 Å². The molecule has 2 aliphatic rings. The second-order valence-corrected chi connectivity index (χ2v) is 8.35. The van der Waals surface area contributed by atoms with E-state index < -0.39 is 11.8 Å². The Labute approximate surface area is 204 Å². The van der Waals surface area contributed by atoms with Crippen LogP contribution < -0.4 is 10.6 Å². The van der Waals surface area contributed by atoms with Gasteiger partial charge in [-0.3, -0.25) is 19.3 Å². The lowest BCUT2D eigenvalue weighted by atomic mass is 10.0. The number of para-hydroxylation sites is 1. The summed E-state index contributed by atoms with van der Waals surface area (Å²) in [4.78, 5) is 41.9. The van der Waals surface area contributed by atoms with Crippen molar-refractivity contribution in [3.05, 3.63) is 71.1 Å². The number of amides is 3. The molecule has 0 aromatic heterocycles. The summed E-state index contributed by atoms with van der Waals surface area (Å²) in [6.07, 6.45) is 0.684. The Bertz CT molecular complexity index is 1140. The molecule has 1 fully saturated rings. The normalized spacial score (nSPS) is 17.1. The molecule has 184 valence electrons. The first-order valence-corrected chi connectivity index (χ1v) is 11.8. The predicted octanol–water partition coefficient (Wildman–Crippen LogP) is 2.62. The molecule has 0 spiro atoms. The average Bonchev–Trinajstić information content (AvgIpc) is 3.12. The average molecular weight is 479 g/mol. The van der Waals surface area contributed by atoms with Crippen molar-refractivity contribution in [2.45, 2.75) is 26.3 Å². The second kappa shape index (κ2) is 10.6. The lowest BCUT2D eigenvalue weighted by Gasteiger charge is -2.27. The highest BCUT2D eigenvalue weighted by Crippen LogP contribution is 2.32. The maximum Gasteiger partial charge on any atom is 0.279 e. The van der Waals surface area contributed by atoms with Gasteiger partial charge in [0.1, 0.15) is 11.4 Å². The van der Waals surface area contributed by atoms with Gasteiger partial charge in [-0.25, -0.2) is 0 Å². The zero-order valence-corrected chi connectivity index (χ0v) is 19.9. The summed E-state index contributed by atoms with van der Waals surface area (Å²) in [6.45, 7) is 5.67. The third-order valence-corrected chi connectivity index (χ3v) is 6.24. The van der Waals surface area contributed by atoms with E-state index in [4.69, 9.17) is 4.74 Å². The number of ether oxygens (including phenoxy) is 1. The molecule has 0 aliphatic carbocycles. The molecule has 3 amide bonds. The molecule has 0 unspecified atom stereocenters. The van der Waals surface area contributed by atoms with Crippen molar-refractivity contribution in [1.82, 2.24) is 15.1 Å². The first-order chi connectivity index (χ1) is 17.0. The summed E-state index contributed by atoms with van der Waals surface area (Å²) >= 11 is 0. The van der Waals surface area contributed by atoms with Crippen molar-refractivity contribution < 1.29 is 24.2 Å². The van der Waals surface area contributed by atoms with Gasteiger partial charge in [-0.2, -0.15) is 0 Å². The van der Waals surface area contributed by atoms with E-state index in [9.17, 15) is 19.5 Å². The summed E-state index contributed by atoms with van der Waals surface area (Å²) in [5.74, 6) is -1.52. The van der Waals surface area contributed by atoms with E-state index in [0.717, 1.165) is 10.5 Å². The highest BCUT2D eigenvalue weighted by molar-refractivity contribution is 6.20. The number of carbonyl (C=O) groups excluding carboxylic acids is 3. The van der Waals surface area contributed by atoms with Crippen LogP contribution in [0.15, 0.2) is 59.9 Å². The highest BCUT2D eigenvalue weighted by Gasteiger charge is 2.39. The number of aromatic hydroxyl groups is 1. The second-order valence-electron chi connectivity index (χ2n) is 8.35. The fraction of sp³-hybridized carbons (Fsp3) is 0.346. The number of anilines is 1. The van der Waals surface area contributed by atoms with Crippen LogP contribution in [-0.2, 0) is 14.3 Å². The van der Waals surface area contributed by atoms with Gasteiger partial charge in [0.15, 0.2) is 5.75 Å². The SMILES string of the molecule is CC[C@@H](NC1=C(Nc2cccc(C(=O)N3CCOCC3)c2O)C(=O)N(CC)C1=O)c1ccccc1. The fourth-order valence-corrected chi connectivity index (χ4v) is 4.28. The summed E-state index contributed by atoms with van der Waals surface area (Å²) in [6, 6.07) is 14.2. The van der Waals surface area contributed by atoms with Crippen LogP contribution in [0.2, 0.25) is 0 Å². The number of hydrogen-bond acceptors (Lipinski definition) is 7. The molecule has 1 atom stereocenters. The number of phenolic OH excluding ortho intramolecular Hbond substituents is 1. The van der Waals surface area contributed by atoms with E-state index in [-0.39, 0.29) is 46.9 Å². The molecule has 2 aliphatic heterocycles. The summed E-state index contributed by atoms with van der Waals surface area (Å²) < 4.78 is 5.30. The van der Waals surface area contributed by atoms with Crippen molar-refractivity contribution in [3.63, 3.8) is 0 Å². The van der Waals surface area contributed by atoms with Crippen molar-refractivity contribution >= 4 is 23.4 Å². The molecular formula is C26H30N4O5. The molecule has 4 rings (SSSR count). The van der Waals surface area contributed by atoms with E-state index >= 15 is 0 Å². The lowest BCUT2D eigenvalue weighted by molar-refractivity contribution is -0.137. The molecule has 35 heavy (non-hydrogen) atoms. The molecule has 3 N–H and O–H groups in total. The van der Waals surface area contributed by atoms with Gasteiger partial charge < -0.3 is 25.4 Å². The van der Waals surface area contributed by atoms with Gasteiger partial charge in [0.05, 0.1) is 30.5 Å². The number of carbonyl (C=O) groups is 3. The van der Waals surface area contributed by atoms with Crippen molar-refractivity contribution in [3.8, 4) is 5.75 Å². The molecule has 0 radical (unpaired) electrons. The standard InChI is InChI=1S/C26H30N4O5/c1-3-19(17-9-6-5-7-10-17)27-21-22(26(34)30(4-2)25(21)33)28-20-12-8-11-18(23(20)31)24(32)29-13-15-35-16-14-29/h5-12,19,27-28,31H,3-4,13-16H2,1-2H3/t19-/m1/s1. The van der Waals surface area contributed by atoms with E-state index in [1.165, 1.54) is 6.07 Å². The Morgan fingerprint density at radius 3 is 2.34 bits per heavy atom. The number of phenols is 1. The molecule has 2 heterocycles. The first-order valence-electron chi connectivity index (χ1n) is 11.8. The first kappa shape index (κ1) is 24.3. The van der Waals surface area contributed by atoms with Crippen molar-refractivity contribution in [2.75, 3.05) is 38.2 Å². The van der Waals surface area contributed by atoms with Crippen LogP contribution >= 0.6 is 0 Å². The van der Waals surface area contributed by atoms with Crippen LogP contribution in [0, 0.1) is 0 Å². The van der Waals surface area contributed by atoms with Crippen LogP contribution in [-0.4, -0.2) is 65.5 Å². The number of rotatable bonds is 8. The maximum atomic E-state index is 13.1. The number of likely N-dealkylation sites (N-methyl/N-ethyl adjacent to an activating group) is 1. The predicted molar refractivity (Wildman–Crippen MR) is 130 cm³/mol. The Hall–Kier alpha value is -3.85. The number of nitrogens with one attached hydrogen (secondary N) is 2. The van der Waals surface area contributed by atoms with Gasteiger partial charge in [0, 0.05) is 19.6 Å². The zero-order chi connectivity index (χ0) is 24.9. The Kier molecular flexibility index (Phi) is 7.36. The Balaban J connectivity index is 1.66.